The molecule has 182 valence electrons. The Kier molecular flexibility index (Phi) is 7.15. The third-order valence-corrected chi connectivity index (χ3v) is 7.58. The summed E-state index contributed by atoms with van der Waals surface area (Å²) in [6.45, 7) is 6.09. The lowest BCUT2D eigenvalue weighted by Gasteiger charge is -2.36. The summed E-state index contributed by atoms with van der Waals surface area (Å²) in [6, 6.07) is 9.67. The van der Waals surface area contributed by atoms with Gasteiger partial charge in [-0.25, -0.2) is 13.4 Å². The summed E-state index contributed by atoms with van der Waals surface area (Å²) in [4.78, 5) is 31.0. The molecule has 0 saturated carbocycles. The number of piperazine rings is 1. The van der Waals surface area contributed by atoms with Gasteiger partial charge in [-0.05, 0) is 43.7 Å². The Morgan fingerprint density at radius 2 is 1.97 bits per heavy atom. The van der Waals surface area contributed by atoms with Crippen LogP contribution in [0.2, 0.25) is 0 Å². The molecule has 0 bridgehead atoms. The lowest BCUT2D eigenvalue weighted by atomic mass is 10.2. The first-order valence-electron chi connectivity index (χ1n) is 11.2. The van der Waals surface area contributed by atoms with Crippen LogP contribution in [0.25, 0.3) is 0 Å². The average molecular weight is 488 g/mol. The maximum absolute atomic E-state index is 12.9. The molecular formula is C23H29N5O5S. The zero-order valence-corrected chi connectivity index (χ0v) is 20.0. The van der Waals surface area contributed by atoms with Crippen LogP contribution < -0.4 is 15.5 Å². The second-order valence-electron chi connectivity index (χ2n) is 8.59. The minimum atomic E-state index is -3.87. The lowest BCUT2D eigenvalue weighted by Crippen LogP contribution is -2.49. The van der Waals surface area contributed by atoms with Crippen molar-refractivity contribution < 1.29 is 22.7 Å². The van der Waals surface area contributed by atoms with Gasteiger partial charge in [0.05, 0.1) is 23.6 Å². The average Bonchev–Trinajstić information content (AvgIpc) is 2.82. The Morgan fingerprint density at radius 1 is 1.21 bits per heavy atom. The molecule has 3 heterocycles. The van der Waals surface area contributed by atoms with E-state index in [0.29, 0.717) is 0 Å². The highest BCUT2D eigenvalue weighted by atomic mass is 32.2. The predicted octanol–water partition coefficient (Wildman–Crippen LogP) is 0.746. The van der Waals surface area contributed by atoms with E-state index in [4.69, 9.17) is 4.74 Å². The van der Waals surface area contributed by atoms with E-state index in [9.17, 15) is 18.0 Å². The van der Waals surface area contributed by atoms with Crippen LogP contribution in [0.4, 0.5) is 5.82 Å². The zero-order chi connectivity index (χ0) is 24.3. The van der Waals surface area contributed by atoms with Gasteiger partial charge in [-0.1, -0.05) is 12.1 Å². The first-order valence-corrected chi connectivity index (χ1v) is 12.7. The molecule has 1 aromatic carbocycles. The monoisotopic (exact) mass is 487 g/mol. The lowest BCUT2D eigenvalue weighted by molar-refractivity contribution is -0.122. The minimum absolute atomic E-state index is 0.0187. The molecule has 2 unspecified atom stereocenters. The smallest absolute Gasteiger partial charge is 0.251 e. The minimum Gasteiger partial charge on any atom is -0.372 e. The molecule has 4 rings (SSSR count). The van der Waals surface area contributed by atoms with Gasteiger partial charge in [0.1, 0.15) is 5.82 Å². The van der Waals surface area contributed by atoms with E-state index in [1.54, 1.807) is 12.3 Å². The number of sulfonamides is 1. The highest BCUT2D eigenvalue weighted by Gasteiger charge is 2.29. The standard InChI is InChI=1S/C23H29N5O5S/c1-16-13-27(14-17(2)33-16)21-7-6-18(11-25-21)12-26-23(30)19-4-3-5-20(10-19)34(31,32)28-9-8-24-22(29)15-28/h3-7,10-11,16-17H,8-9,12-15H2,1-2H3,(H,24,29)(H,26,30). The molecule has 2 atom stereocenters. The van der Waals surface area contributed by atoms with Crippen molar-refractivity contribution in [3.05, 3.63) is 53.7 Å². The molecule has 2 amide bonds. The number of hydrogen-bond acceptors (Lipinski definition) is 7. The quantitative estimate of drug-likeness (QED) is 0.617. The highest BCUT2D eigenvalue weighted by Crippen LogP contribution is 2.20. The number of pyridine rings is 1. The van der Waals surface area contributed by atoms with Gasteiger partial charge in [-0.3, -0.25) is 9.59 Å². The van der Waals surface area contributed by atoms with Crippen molar-refractivity contribution in [2.45, 2.75) is 37.5 Å². The molecule has 2 fully saturated rings. The van der Waals surface area contributed by atoms with E-state index in [-0.39, 0.29) is 54.8 Å². The maximum Gasteiger partial charge on any atom is 0.251 e. The SMILES string of the molecule is CC1CN(c2ccc(CNC(=O)c3cccc(S(=O)(=O)N4CCNC(=O)C4)c3)cn2)CC(C)O1. The number of amides is 2. The van der Waals surface area contributed by atoms with E-state index in [1.807, 2.05) is 26.0 Å². The predicted molar refractivity (Wildman–Crippen MR) is 126 cm³/mol. The number of hydrogen-bond donors (Lipinski definition) is 2. The van der Waals surface area contributed by atoms with Crippen LogP contribution in [-0.2, 0) is 26.1 Å². The molecule has 2 aliphatic rings. The van der Waals surface area contributed by atoms with Crippen molar-refractivity contribution in [1.29, 1.82) is 0 Å². The van der Waals surface area contributed by atoms with Gasteiger partial charge in [0.25, 0.3) is 5.91 Å². The molecule has 0 spiro atoms. The Labute approximate surface area is 199 Å². The zero-order valence-electron chi connectivity index (χ0n) is 19.2. The Hall–Kier alpha value is -3.02. The second kappa shape index (κ2) is 10.1. The third kappa shape index (κ3) is 5.54. The molecular weight excluding hydrogens is 458 g/mol. The van der Waals surface area contributed by atoms with Crippen LogP contribution >= 0.6 is 0 Å². The maximum atomic E-state index is 12.9. The number of carbonyl (C=O) groups excluding carboxylic acids is 2. The number of anilines is 1. The van der Waals surface area contributed by atoms with Gasteiger partial charge in [0.15, 0.2) is 0 Å². The Balaban J connectivity index is 1.38. The summed E-state index contributed by atoms with van der Waals surface area (Å²) >= 11 is 0. The number of nitrogens with zero attached hydrogens (tertiary/aromatic N) is 3. The summed E-state index contributed by atoms with van der Waals surface area (Å²) in [7, 11) is -3.87. The highest BCUT2D eigenvalue weighted by molar-refractivity contribution is 7.89. The fourth-order valence-corrected chi connectivity index (χ4v) is 5.57. The molecule has 2 N–H and O–H groups in total. The number of rotatable bonds is 6. The van der Waals surface area contributed by atoms with E-state index >= 15 is 0 Å². The van der Waals surface area contributed by atoms with Gasteiger partial charge in [-0.15, -0.1) is 0 Å². The van der Waals surface area contributed by atoms with Gasteiger partial charge in [0.2, 0.25) is 15.9 Å². The molecule has 2 aromatic rings. The number of ether oxygens (including phenoxy) is 1. The Morgan fingerprint density at radius 3 is 2.65 bits per heavy atom. The molecule has 34 heavy (non-hydrogen) atoms. The van der Waals surface area contributed by atoms with Gasteiger partial charge in [0, 0.05) is 44.5 Å². The van der Waals surface area contributed by atoms with Crippen LogP contribution in [0.5, 0.6) is 0 Å². The summed E-state index contributed by atoms with van der Waals surface area (Å²) < 4.78 is 32.6. The molecule has 1 aromatic heterocycles. The van der Waals surface area contributed by atoms with Crippen LogP contribution in [0.15, 0.2) is 47.5 Å². The molecule has 2 saturated heterocycles. The van der Waals surface area contributed by atoms with Gasteiger partial charge < -0.3 is 20.3 Å². The van der Waals surface area contributed by atoms with Gasteiger partial charge in [-0.2, -0.15) is 4.31 Å². The first-order chi connectivity index (χ1) is 16.2. The number of morpholine rings is 1. The first kappa shape index (κ1) is 24.1. The largest absolute Gasteiger partial charge is 0.372 e. The van der Waals surface area contributed by atoms with Crippen LogP contribution in [0.1, 0.15) is 29.8 Å². The van der Waals surface area contributed by atoms with Crippen LogP contribution in [0, 0.1) is 0 Å². The summed E-state index contributed by atoms with van der Waals surface area (Å²) in [5.74, 6) is 0.121. The summed E-state index contributed by atoms with van der Waals surface area (Å²) in [5.41, 5.74) is 1.05. The van der Waals surface area contributed by atoms with Crippen molar-refractivity contribution in [2.24, 2.45) is 0 Å². The topological polar surface area (TPSA) is 121 Å². The number of aromatic nitrogens is 1. The second-order valence-corrected chi connectivity index (χ2v) is 10.5. The fraction of sp³-hybridized carbons (Fsp3) is 0.435. The van der Waals surface area contributed by atoms with Crippen LogP contribution in [-0.4, -0.2) is 74.5 Å². The van der Waals surface area contributed by atoms with Crippen molar-refractivity contribution in [2.75, 3.05) is 37.6 Å². The summed E-state index contributed by atoms with van der Waals surface area (Å²) in [5, 5.41) is 5.41. The Bertz CT molecular complexity index is 1140. The van der Waals surface area contributed by atoms with E-state index in [0.717, 1.165) is 28.8 Å². The molecule has 2 aliphatic heterocycles. The van der Waals surface area contributed by atoms with Crippen molar-refractivity contribution in [1.82, 2.24) is 19.9 Å². The van der Waals surface area contributed by atoms with Crippen molar-refractivity contribution in [3.8, 4) is 0 Å². The fourth-order valence-electron chi connectivity index (χ4n) is 4.12. The molecule has 11 heteroatoms. The number of benzene rings is 1. The number of nitrogens with one attached hydrogen (secondary N) is 2. The van der Waals surface area contributed by atoms with E-state index in [1.165, 1.54) is 18.2 Å². The van der Waals surface area contributed by atoms with Crippen LogP contribution in [0.3, 0.4) is 0 Å². The van der Waals surface area contributed by atoms with E-state index < -0.39 is 15.9 Å². The van der Waals surface area contributed by atoms with Gasteiger partial charge >= 0.3 is 0 Å². The van der Waals surface area contributed by atoms with E-state index in [2.05, 4.69) is 20.5 Å². The molecule has 0 radical (unpaired) electrons. The molecule has 0 aliphatic carbocycles. The van der Waals surface area contributed by atoms with Crippen molar-refractivity contribution >= 4 is 27.7 Å². The third-order valence-electron chi connectivity index (χ3n) is 5.74. The normalized spacial score (nSPS) is 21.7. The molecule has 10 nitrogen and oxygen atoms in total. The number of carbonyl (C=O) groups is 2. The summed E-state index contributed by atoms with van der Waals surface area (Å²) in [6.07, 6.45) is 2.00. The van der Waals surface area contributed by atoms with Crippen molar-refractivity contribution in [3.63, 3.8) is 0 Å².